The molecule has 2 rings (SSSR count). The number of carbonyl (C=O) groups is 2. The molecule has 10 heteroatoms. The van der Waals surface area contributed by atoms with Gasteiger partial charge in [0.2, 0.25) is 21.8 Å². The summed E-state index contributed by atoms with van der Waals surface area (Å²) in [4.78, 5) is 23.9. The third-order valence-electron chi connectivity index (χ3n) is 3.18. The Balaban J connectivity index is 2.23. The van der Waals surface area contributed by atoms with E-state index in [1.165, 1.54) is 17.9 Å². The number of aryl methyl sites for hydroxylation is 1. The summed E-state index contributed by atoms with van der Waals surface area (Å²) in [5.41, 5.74) is 5.61. The molecular formula is C11H17N5O4S. The van der Waals surface area contributed by atoms with Crippen molar-refractivity contribution in [2.75, 3.05) is 12.8 Å². The molecule has 1 atom stereocenters. The molecule has 2 amide bonds. The molecule has 21 heavy (non-hydrogen) atoms. The number of hydrogen-bond acceptors (Lipinski definition) is 6. The molecule has 1 saturated heterocycles. The molecule has 1 aromatic heterocycles. The maximum atomic E-state index is 12.3. The lowest BCUT2D eigenvalue weighted by Gasteiger charge is -2.10. The SMILES string of the molecule is CCCn1cc(S(=O)(=O)NC2CC(=O)N(C)C2=O)c(N)n1. The van der Waals surface area contributed by atoms with Gasteiger partial charge in [-0.05, 0) is 6.42 Å². The van der Waals surface area contributed by atoms with E-state index < -0.39 is 27.9 Å². The van der Waals surface area contributed by atoms with Gasteiger partial charge in [0.25, 0.3) is 0 Å². The third kappa shape index (κ3) is 2.90. The molecule has 2 heterocycles. The second-order valence-electron chi connectivity index (χ2n) is 4.81. The largest absolute Gasteiger partial charge is 0.381 e. The van der Waals surface area contributed by atoms with Gasteiger partial charge in [0.1, 0.15) is 10.9 Å². The van der Waals surface area contributed by atoms with Gasteiger partial charge in [-0.2, -0.15) is 9.82 Å². The molecule has 1 aromatic rings. The molecule has 1 unspecified atom stereocenters. The lowest BCUT2D eigenvalue weighted by molar-refractivity contribution is -0.137. The molecule has 9 nitrogen and oxygen atoms in total. The zero-order chi connectivity index (χ0) is 15.8. The van der Waals surface area contributed by atoms with E-state index in [4.69, 9.17) is 5.73 Å². The Morgan fingerprint density at radius 2 is 2.14 bits per heavy atom. The minimum absolute atomic E-state index is 0.138. The summed E-state index contributed by atoms with van der Waals surface area (Å²) in [7, 11) is -2.70. The van der Waals surface area contributed by atoms with Crippen molar-refractivity contribution in [2.45, 2.75) is 37.2 Å². The minimum Gasteiger partial charge on any atom is -0.381 e. The number of carbonyl (C=O) groups excluding carboxylic acids is 2. The van der Waals surface area contributed by atoms with Gasteiger partial charge >= 0.3 is 0 Å². The van der Waals surface area contributed by atoms with Gasteiger partial charge in [-0.25, -0.2) is 8.42 Å². The lowest BCUT2D eigenvalue weighted by atomic mass is 10.3. The van der Waals surface area contributed by atoms with Crippen LogP contribution in [-0.2, 0) is 26.2 Å². The van der Waals surface area contributed by atoms with E-state index in [0.717, 1.165) is 11.3 Å². The van der Waals surface area contributed by atoms with E-state index >= 15 is 0 Å². The van der Waals surface area contributed by atoms with Crippen LogP contribution in [0.3, 0.4) is 0 Å². The van der Waals surface area contributed by atoms with E-state index in [9.17, 15) is 18.0 Å². The maximum absolute atomic E-state index is 12.3. The molecule has 1 fully saturated rings. The van der Waals surface area contributed by atoms with Crippen molar-refractivity contribution >= 4 is 27.7 Å². The van der Waals surface area contributed by atoms with Gasteiger partial charge in [-0.3, -0.25) is 19.2 Å². The number of likely N-dealkylation sites (N-methyl/N-ethyl adjacent to an activating group) is 1. The van der Waals surface area contributed by atoms with Gasteiger partial charge in [0, 0.05) is 19.8 Å². The fourth-order valence-corrected chi connectivity index (χ4v) is 3.33. The number of amides is 2. The van der Waals surface area contributed by atoms with Gasteiger partial charge in [-0.1, -0.05) is 6.92 Å². The maximum Gasteiger partial charge on any atom is 0.247 e. The monoisotopic (exact) mass is 315 g/mol. The van der Waals surface area contributed by atoms with Crippen molar-refractivity contribution in [3.8, 4) is 0 Å². The average Bonchev–Trinajstić information content (AvgIpc) is 2.87. The van der Waals surface area contributed by atoms with E-state index in [-0.39, 0.29) is 17.1 Å². The van der Waals surface area contributed by atoms with Crippen LogP contribution in [0.2, 0.25) is 0 Å². The van der Waals surface area contributed by atoms with Crippen molar-refractivity contribution in [3.63, 3.8) is 0 Å². The average molecular weight is 315 g/mol. The summed E-state index contributed by atoms with van der Waals surface area (Å²) in [5.74, 6) is -1.15. The predicted molar refractivity (Wildman–Crippen MR) is 73.4 cm³/mol. The topological polar surface area (TPSA) is 127 Å². The Bertz CT molecular complexity index is 681. The number of rotatable bonds is 5. The number of likely N-dealkylation sites (tertiary alicyclic amines) is 1. The summed E-state index contributed by atoms with van der Waals surface area (Å²) in [6.45, 7) is 2.45. The van der Waals surface area contributed by atoms with E-state index in [1.807, 2.05) is 6.92 Å². The molecular weight excluding hydrogens is 298 g/mol. The van der Waals surface area contributed by atoms with Gasteiger partial charge < -0.3 is 5.73 Å². The zero-order valence-corrected chi connectivity index (χ0v) is 12.6. The first-order valence-corrected chi connectivity index (χ1v) is 7.90. The molecule has 0 aromatic carbocycles. The third-order valence-corrected chi connectivity index (χ3v) is 4.66. The summed E-state index contributed by atoms with van der Waals surface area (Å²) in [6.07, 6.45) is 1.89. The van der Waals surface area contributed by atoms with Crippen molar-refractivity contribution in [2.24, 2.45) is 0 Å². The molecule has 1 aliphatic heterocycles. The number of imide groups is 1. The highest BCUT2D eigenvalue weighted by atomic mass is 32.2. The Morgan fingerprint density at radius 1 is 1.48 bits per heavy atom. The highest BCUT2D eigenvalue weighted by Crippen LogP contribution is 2.19. The van der Waals surface area contributed by atoms with Crippen LogP contribution in [0.15, 0.2) is 11.1 Å². The minimum atomic E-state index is -4.01. The van der Waals surface area contributed by atoms with E-state index in [1.54, 1.807) is 0 Å². The van der Waals surface area contributed by atoms with Crippen LogP contribution in [0.25, 0.3) is 0 Å². The number of nitrogens with zero attached hydrogens (tertiary/aromatic N) is 3. The van der Waals surface area contributed by atoms with E-state index in [2.05, 4.69) is 9.82 Å². The van der Waals surface area contributed by atoms with Gasteiger partial charge in [-0.15, -0.1) is 0 Å². The number of nitrogens with two attached hydrogens (primary N) is 1. The summed E-state index contributed by atoms with van der Waals surface area (Å²) >= 11 is 0. The molecule has 116 valence electrons. The van der Waals surface area contributed by atoms with Crippen LogP contribution in [0.5, 0.6) is 0 Å². The van der Waals surface area contributed by atoms with Crippen LogP contribution < -0.4 is 10.5 Å². The van der Waals surface area contributed by atoms with Crippen LogP contribution in [0.1, 0.15) is 19.8 Å². The normalized spacial score (nSPS) is 19.5. The quantitative estimate of drug-likeness (QED) is 0.665. The van der Waals surface area contributed by atoms with Crippen molar-refractivity contribution in [3.05, 3.63) is 6.20 Å². The fourth-order valence-electron chi connectivity index (χ4n) is 2.07. The van der Waals surface area contributed by atoms with Crippen LogP contribution >= 0.6 is 0 Å². The standard InChI is InChI=1S/C11H17N5O4S/c1-3-4-16-6-8(10(12)13-16)21(19,20)14-7-5-9(17)15(2)11(7)18/h6-7,14H,3-5H2,1-2H3,(H2,12,13). The molecule has 0 aliphatic carbocycles. The Hall–Kier alpha value is -1.94. The lowest BCUT2D eigenvalue weighted by Crippen LogP contribution is -2.40. The second-order valence-corrected chi connectivity index (χ2v) is 6.49. The number of sulfonamides is 1. The fraction of sp³-hybridized carbons (Fsp3) is 0.545. The molecule has 0 saturated carbocycles. The van der Waals surface area contributed by atoms with Crippen molar-refractivity contribution in [1.82, 2.24) is 19.4 Å². The highest BCUT2D eigenvalue weighted by molar-refractivity contribution is 7.89. The summed E-state index contributed by atoms with van der Waals surface area (Å²) in [6, 6.07) is -1.10. The number of aromatic nitrogens is 2. The molecule has 1 aliphatic rings. The summed E-state index contributed by atoms with van der Waals surface area (Å²) in [5, 5.41) is 3.90. The van der Waals surface area contributed by atoms with Crippen molar-refractivity contribution in [1.29, 1.82) is 0 Å². The Morgan fingerprint density at radius 3 is 2.67 bits per heavy atom. The first-order valence-electron chi connectivity index (χ1n) is 6.42. The van der Waals surface area contributed by atoms with Crippen LogP contribution in [-0.4, -0.2) is 48.0 Å². The summed E-state index contributed by atoms with van der Waals surface area (Å²) < 4.78 is 28.2. The van der Waals surface area contributed by atoms with Crippen molar-refractivity contribution < 1.29 is 18.0 Å². The Labute approximate surface area is 122 Å². The zero-order valence-electron chi connectivity index (χ0n) is 11.7. The smallest absolute Gasteiger partial charge is 0.247 e. The molecule has 0 spiro atoms. The van der Waals surface area contributed by atoms with Crippen LogP contribution in [0.4, 0.5) is 5.82 Å². The molecule has 3 N–H and O–H groups in total. The number of nitrogens with one attached hydrogen (secondary N) is 1. The Kier molecular flexibility index (Phi) is 4.01. The van der Waals surface area contributed by atoms with Crippen LogP contribution in [0, 0.1) is 0 Å². The van der Waals surface area contributed by atoms with E-state index in [0.29, 0.717) is 6.54 Å². The second kappa shape index (κ2) is 5.45. The first-order chi connectivity index (χ1) is 9.76. The molecule has 0 radical (unpaired) electrons. The number of anilines is 1. The van der Waals surface area contributed by atoms with Gasteiger partial charge in [0.15, 0.2) is 5.82 Å². The van der Waals surface area contributed by atoms with Gasteiger partial charge in [0.05, 0.1) is 6.42 Å². The first kappa shape index (κ1) is 15.4. The highest BCUT2D eigenvalue weighted by Gasteiger charge is 2.39. The number of nitrogen functional groups attached to an aromatic ring is 1. The predicted octanol–water partition coefficient (Wildman–Crippen LogP) is -1.09. The number of hydrogen-bond donors (Lipinski definition) is 2. The molecule has 0 bridgehead atoms.